The molecule has 0 saturated carbocycles. The summed E-state index contributed by atoms with van der Waals surface area (Å²) in [6.45, 7) is -0.368. The Balaban J connectivity index is 1.95. The second kappa shape index (κ2) is 18.0. The lowest BCUT2D eigenvalue weighted by Gasteiger charge is -2.31. The van der Waals surface area contributed by atoms with Gasteiger partial charge in [-0.1, -0.05) is 6.92 Å². The third-order valence-corrected chi connectivity index (χ3v) is 7.21. The molecule has 3 aromatic carbocycles. The third kappa shape index (κ3) is 9.92. The molecule has 49 heavy (non-hydrogen) atoms. The number of esters is 4. The van der Waals surface area contributed by atoms with Crippen molar-refractivity contribution in [2.45, 2.75) is 13.3 Å². The van der Waals surface area contributed by atoms with Crippen LogP contribution in [0.25, 0.3) is 0 Å². The van der Waals surface area contributed by atoms with E-state index in [0.717, 1.165) is 0 Å². The predicted octanol–water partition coefficient (Wildman–Crippen LogP) is 4.55. The molecule has 0 spiro atoms. The van der Waals surface area contributed by atoms with Crippen molar-refractivity contribution in [1.29, 1.82) is 0 Å². The number of carbonyl (C=O) groups excluding carboxylic acids is 4. The molecule has 0 atom stereocenters. The molecule has 3 aromatic rings. The van der Waals surface area contributed by atoms with Gasteiger partial charge in [0.15, 0.2) is 34.5 Å². The first-order valence-corrected chi connectivity index (χ1v) is 14.9. The second-order valence-corrected chi connectivity index (χ2v) is 10.5. The summed E-state index contributed by atoms with van der Waals surface area (Å²) < 4.78 is 54.0. The monoisotopic (exact) mass is 684 g/mol. The van der Waals surface area contributed by atoms with Gasteiger partial charge in [0.05, 0.1) is 59.3 Å². The highest BCUT2D eigenvalue weighted by Gasteiger charge is 2.38. The molecule has 0 unspecified atom stereocenters. The molecule has 0 fully saturated rings. The first-order chi connectivity index (χ1) is 23.6. The van der Waals surface area contributed by atoms with E-state index in [4.69, 9.17) is 47.4 Å². The molecule has 0 aliphatic heterocycles. The highest BCUT2D eigenvalue weighted by molar-refractivity contribution is 5.91. The van der Waals surface area contributed by atoms with Crippen LogP contribution in [0, 0.1) is 5.41 Å². The number of ether oxygens (including phenoxy) is 10. The molecule has 14 heteroatoms. The van der Waals surface area contributed by atoms with Gasteiger partial charge in [0.25, 0.3) is 0 Å². The fourth-order valence-electron chi connectivity index (χ4n) is 4.38. The molecule has 0 radical (unpaired) electrons. The molecule has 0 heterocycles. The Morgan fingerprint density at radius 3 is 1.00 bits per heavy atom. The lowest BCUT2D eigenvalue weighted by atomic mass is 9.92. The zero-order chi connectivity index (χ0) is 36.0. The Labute approximate surface area is 284 Å². The highest BCUT2D eigenvalue weighted by Crippen LogP contribution is 2.31. The summed E-state index contributed by atoms with van der Waals surface area (Å²) in [6.07, 6.45) is 0.0262. The van der Waals surface area contributed by atoms with Gasteiger partial charge in [0.1, 0.15) is 31.8 Å². The minimum Gasteiger partial charge on any atom is -0.493 e. The van der Waals surface area contributed by atoms with Crippen molar-refractivity contribution < 1.29 is 66.5 Å². The summed E-state index contributed by atoms with van der Waals surface area (Å²) in [7, 11) is 8.61. The lowest BCUT2D eigenvalue weighted by molar-refractivity contribution is -0.151. The van der Waals surface area contributed by atoms with Crippen LogP contribution in [0.5, 0.6) is 34.5 Å². The molecule has 3 rings (SSSR count). The van der Waals surface area contributed by atoms with Crippen molar-refractivity contribution in [2.24, 2.45) is 5.41 Å². The van der Waals surface area contributed by atoms with E-state index in [1.807, 2.05) is 0 Å². The fraction of sp³-hybridized carbons (Fsp3) is 0.371. The van der Waals surface area contributed by atoms with Crippen LogP contribution in [-0.2, 0) is 23.7 Å². The quantitative estimate of drug-likeness (QED) is 0.136. The third-order valence-electron chi connectivity index (χ3n) is 7.21. The molecule has 0 aliphatic carbocycles. The SMILES string of the molecule is CCC(=O)OCC(COC(=O)c1ccc(OC)c(OC)c1)(COC(=O)c1ccc(OC)c(OC)c1)COC(=O)c1ccc(OC)c(OC)c1. The maximum absolute atomic E-state index is 13.2. The van der Waals surface area contributed by atoms with Crippen molar-refractivity contribution in [3.63, 3.8) is 0 Å². The summed E-state index contributed by atoms with van der Waals surface area (Å²) in [4.78, 5) is 52.0. The van der Waals surface area contributed by atoms with Crippen molar-refractivity contribution in [2.75, 3.05) is 69.1 Å². The van der Waals surface area contributed by atoms with Gasteiger partial charge < -0.3 is 47.4 Å². The van der Waals surface area contributed by atoms with Gasteiger partial charge in [0.2, 0.25) is 0 Å². The summed E-state index contributed by atoms with van der Waals surface area (Å²) >= 11 is 0. The molecule has 0 aliphatic rings. The van der Waals surface area contributed by atoms with E-state index < -0.39 is 55.7 Å². The van der Waals surface area contributed by atoms with E-state index >= 15 is 0 Å². The zero-order valence-corrected chi connectivity index (χ0v) is 28.4. The number of hydrogen-bond acceptors (Lipinski definition) is 14. The second-order valence-electron chi connectivity index (χ2n) is 10.5. The minimum atomic E-state index is -1.56. The van der Waals surface area contributed by atoms with Gasteiger partial charge in [0, 0.05) is 6.42 Å². The molecular formula is C35H40O14. The predicted molar refractivity (Wildman–Crippen MR) is 173 cm³/mol. The Morgan fingerprint density at radius 2 is 0.735 bits per heavy atom. The largest absolute Gasteiger partial charge is 0.493 e. The minimum absolute atomic E-state index is 0.0262. The van der Waals surface area contributed by atoms with Crippen LogP contribution in [0.1, 0.15) is 44.4 Å². The Kier molecular flexibility index (Phi) is 13.9. The van der Waals surface area contributed by atoms with Gasteiger partial charge >= 0.3 is 23.9 Å². The van der Waals surface area contributed by atoms with Gasteiger partial charge in [-0.05, 0) is 54.6 Å². The first-order valence-electron chi connectivity index (χ1n) is 14.9. The van der Waals surface area contributed by atoms with Gasteiger partial charge in [-0.3, -0.25) is 4.79 Å². The maximum atomic E-state index is 13.2. The summed E-state index contributed by atoms with van der Waals surface area (Å²) in [6, 6.07) is 13.3. The van der Waals surface area contributed by atoms with E-state index in [2.05, 4.69) is 0 Å². The summed E-state index contributed by atoms with van der Waals surface area (Å²) in [5.41, 5.74) is -1.22. The van der Waals surface area contributed by atoms with Crippen molar-refractivity contribution in [3.05, 3.63) is 71.3 Å². The van der Waals surface area contributed by atoms with Crippen LogP contribution in [0.2, 0.25) is 0 Å². The average molecular weight is 685 g/mol. The van der Waals surface area contributed by atoms with E-state index in [9.17, 15) is 19.2 Å². The van der Waals surface area contributed by atoms with E-state index in [1.54, 1.807) is 6.92 Å². The lowest BCUT2D eigenvalue weighted by Crippen LogP contribution is -2.44. The van der Waals surface area contributed by atoms with Gasteiger partial charge in [-0.25, -0.2) is 14.4 Å². The van der Waals surface area contributed by atoms with Crippen LogP contribution >= 0.6 is 0 Å². The molecule has 0 saturated heterocycles. The normalized spacial score (nSPS) is 10.7. The van der Waals surface area contributed by atoms with Crippen LogP contribution in [0.3, 0.4) is 0 Å². The molecular weight excluding hydrogens is 644 g/mol. The average Bonchev–Trinajstić information content (AvgIpc) is 3.15. The smallest absolute Gasteiger partial charge is 0.338 e. The van der Waals surface area contributed by atoms with Crippen LogP contribution in [-0.4, -0.2) is 93.0 Å². The summed E-state index contributed by atoms with van der Waals surface area (Å²) in [5, 5.41) is 0. The van der Waals surface area contributed by atoms with E-state index in [1.165, 1.54) is 97.3 Å². The highest BCUT2D eigenvalue weighted by atomic mass is 16.6. The molecule has 0 bridgehead atoms. The number of methoxy groups -OCH3 is 6. The number of benzene rings is 3. The topological polar surface area (TPSA) is 161 Å². The summed E-state index contributed by atoms with van der Waals surface area (Å²) in [5.74, 6) is -0.919. The van der Waals surface area contributed by atoms with Gasteiger partial charge in [-0.15, -0.1) is 0 Å². The molecule has 0 aromatic heterocycles. The Hall–Kier alpha value is -5.66. The van der Waals surface area contributed by atoms with Crippen LogP contribution < -0.4 is 28.4 Å². The molecule has 0 N–H and O–H groups in total. The van der Waals surface area contributed by atoms with E-state index in [-0.39, 0.29) is 40.4 Å². The van der Waals surface area contributed by atoms with E-state index in [0.29, 0.717) is 17.2 Å². The standard InChI is InChI=1S/C35H40O14/c1-8-31(36)46-18-35(19-47-32(37)22-9-12-25(40-2)28(15-22)43-5,20-48-33(38)23-10-13-26(41-3)29(16-23)44-6)21-49-34(39)24-11-14-27(42-4)30(17-24)45-7/h9-17H,8,18-21H2,1-7H3. The maximum Gasteiger partial charge on any atom is 0.338 e. The fourth-order valence-corrected chi connectivity index (χ4v) is 4.38. The van der Waals surface area contributed by atoms with Crippen LogP contribution in [0.4, 0.5) is 0 Å². The van der Waals surface area contributed by atoms with Crippen molar-refractivity contribution in [3.8, 4) is 34.5 Å². The molecule has 264 valence electrons. The molecule has 14 nitrogen and oxygen atoms in total. The number of hydrogen-bond donors (Lipinski definition) is 0. The van der Waals surface area contributed by atoms with Crippen molar-refractivity contribution >= 4 is 23.9 Å². The van der Waals surface area contributed by atoms with Gasteiger partial charge in [-0.2, -0.15) is 0 Å². The Bertz CT molecular complexity index is 1440. The van der Waals surface area contributed by atoms with Crippen molar-refractivity contribution in [1.82, 2.24) is 0 Å². The molecule has 0 amide bonds. The zero-order valence-electron chi connectivity index (χ0n) is 28.4. The number of rotatable bonds is 18. The first kappa shape index (κ1) is 37.8. The Morgan fingerprint density at radius 1 is 0.449 bits per heavy atom. The van der Waals surface area contributed by atoms with Crippen LogP contribution in [0.15, 0.2) is 54.6 Å². The number of carbonyl (C=O) groups is 4.